The van der Waals surface area contributed by atoms with Crippen molar-refractivity contribution >= 4 is 29.1 Å². The summed E-state index contributed by atoms with van der Waals surface area (Å²) in [5.74, 6) is -0.430. The van der Waals surface area contributed by atoms with E-state index in [0.717, 1.165) is 17.8 Å². The summed E-state index contributed by atoms with van der Waals surface area (Å²) in [6.45, 7) is 6.23. The summed E-state index contributed by atoms with van der Waals surface area (Å²) < 4.78 is 39.2. The first-order valence-electron chi connectivity index (χ1n) is 8.00. The molecule has 2 aromatic rings. The number of halogens is 3. The van der Waals surface area contributed by atoms with Gasteiger partial charge in [-0.2, -0.15) is 13.2 Å². The number of carbonyl (C=O) groups excluding carboxylic acids is 2. The van der Waals surface area contributed by atoms with E-state index in [0.29, 0.717) is 22.1 Å². The van der Waals surface area contributed by atoms with E-state index in [1.165, 1.54) is 32.0 Å². The molecule has 0 bridgehead atoms. The van der Waals surface area contributed by atoms with Gasteiger partial charge in [0.2, 0.25) is 5.91 Å². The predicted octanol–water partition coefficient (Wildman–Crippen LogP) is 4.43. The van der Waals surface area contributed by atoms with Gasteiger partial charge in [0.05, 0.1) is 27.8 Å². The number of amides is 1. The van der Waals surface area contributed by atoms with E-state index in [4.69, 9.17) is 0 Å². The number of para-hydroxylation sites is 1. The average molecular weight is 397 g/mol. The van der Waals surface area contributed by atoms with Crippen LogP contribution < -0.4 is 5.32 Å². The first kappa shape index (κ1) is 20.9. The van der Waals surface area contributed by atoms with Crippen LogP contribution in [0.2, 0.25) is 0 Å². The summed E-state index contributed by atoms with van der Waals surface area (Å²) in [5.41, 5.74) is -0.438. The number of Topliss-reactive ketones (excluding diaryl/α,β-unsaturated/α-hetero) is 1. The van der Waals surface area contributed by atoms with Crippen molar-refractivity contribution < 1.29 is 22.8 Å². The number of aromatic nitrogens is 2. The monoisotopic (exact) mass is 397 g/mol. The Balaban J connectivity index is 2.25. The van der Waals surface area contributed by atoms with Crippen LogP contribution in [0.25, 0.3) is 0 Å². The topological polar surface area (TPSA) is 72.0 Å². The second-order valence-electron chi connectivity index (χ2n) is 5.89. The summed E-state index contributed by atoms with van der Waals surface area (Å²) >= 11 is 1.00. The molecule has 0 saturated carbocycles. The first-order chi connectivity index (χ1) is 12.5. The standard InChI is InChI=1S/C18H18F3N3O2S/c1-9-15(10(2)25)17(23-12(4)22-9)27-11(3)16(26)24-14-8-6-5-7-13(14)18(19,20)21/h5-8,11H,1-4H3,(H,24,26)/t11-/m1/s1. The molecule has 0 aliphatic carbocycles. The molecule has 1 atom stereocenters. The highest BCUT2D eigenvalue weighted by atomic mass is 32.2. The predicted molar refractivity (Wildman–Crippen MR) is 96.9 cm³/mol. The minimum atomic E-state index is -4.58. The lowest BCUT2D eigenvalue weighted by Gasteiger charge is -2.17. The molecular formula is C18H18F3N3O2S. The fourth-order valence-corrected chi connectivity index (χ4v) is 3.56. The van der Waals surface area contributed by atoms with E-state index in [9.17, 15) is 22.8 Å². The highest BCUT2D eigenvalue weighted by Gasteiger charge is 2.34. The Labute approximate surface area is 158 Å². The zero-order valence-electron chi connectivity index (χ0n) is 15.1. The van der Waals surface area contributed by atoms with Crippen molar-refractivity contribution in [3.63, 3.8) is 0 Å². The molecule has 27 heavy (non-hydrogen) atoms. The third-order valence-electron chi connectivity index (χ3n) is 3.67. The van der Waals surface area contributed by atoms with E-state index >= 15 is 0 Å². The van der Waals surface area contributed by atoms with Gasteiger partial charge in [-0.25, -0.2) is 9.97 Å². The lowest BCUT2D eigenvalue weighted by Crippen LogP contribution is -2.24. The van der Waals surface area contributed by atoms with Gasteiger partial charge in [0.15, 0.2) is 5.78 Å². The molecular weight excluding hydrogens is 379 g/mol. The third-order valence-corrected chi connectivity index (χ3v) is 4.75. The fourth-order valence-electron chi connectivity index (χ4n) is 2.47. The van der Waals surface area contributed by atoms with Crippen LogP contribution >= 0.6 is 11.8 Å². The Kier molecular flexibility index (Phi) is 6.25. The Bertz CT molecular complexity index is 885. The maximum absolute atomic E-state index is 13.1. The molecule has 0 saturated heterocycles. The maximum Gasteiger partial charge on any atom is 0.418 e. The molecule has 1 heterocycles. The van der Waals surface area contributed by atoms with E-state index in [-0.39, 0.29) is 11.5 Å². The number of hydrogen-bond acceptors (Lipinski definition) is 5. The first-order valence-corrected chi connectivity index (χ1v) is 8.88. The highest BCUT2D eigenvalue weighted by Crippen LogP contribution is 2.35. The molecule has 1 aromatic heterocycles. The molecule has 5 nitrogen and oxygen atoms in total. The van der Waals surface area contributed by atoms with Crippen molar-refractivity contribution in [3.05, 3.63) is 46.9 Å². The molecule has 1 N–H and O–H groups in total. The lowest BCUT2D eigenvalue weighted by molar-refractivity contribution is -0.137. The van der Waals surface area contributed by atoms with Crippen molar-refractivity contribution in [3.8, 4) is 0 Å². The number of benzene rings is 1. The third kappa shape index (κ3) is 5.06. The number of thioether (sulfide) groups is 1. The van der Waals surface area contributed by atoms with Crippen LogP contribution in [0.15, 0.2) is 29.3 Å². The number of nitrogens with one attached hydrogen (secondary N) is 1. The molecule has 0 radical (unpaired) electrons. The lowest BCUT2D eigenvalue weighted by atomic mass is 10.1. The molecule has 0 aliphatic heterocycles. The van der Waals surface area contributed by atoms with Crippen molar-refractivity contribution in [2.75, 3.05) is 5.32 Å². The van der Waals surface area contributed by atoms with Gasteiger partial charge in [-0.3, -0.25) is 9.59 Å². The minimum absolute atomic E-state index is 0.245. The second-order valence-corrected chi connectivity index (χ2v) is 7.21. The zero-order chi connectivity index (χ0) is 20.4. The fraction of sp³-hybridized carbons (Fsp3) is 0.333. The zero-order valence-corrected chi connectivity index (χ0v) is 16.0. The number of hydrogen-bond donors (Lipinski definition) is 1. The van der Waals surface area contributed by atoms with Crippen LogP contribution in [0.5, 0.6) is 0 Å². The van der Waals surface area contributed by atoms with Crippen LogP contribution in [0.1, 0.15) is 41.3 Å². The van der Waals surface area contributed by atoms with Crippen LogP contribution in [-0.4, -0.2) is 26.9 Å². The Morgan fingerprint density at radius 1 is 1.15 bits per heavy atom. The van der Waals surface area contributed by atoms with E-state index in [2.05, 4.69) is 15.3 Å². The highest BCUT2D eigenvalue weighted by molar-refractivity contribution is 8.00. The summed E-state index contributed by atoms with van der Waals surface area (Å²) in [5, 5.41) is 1.86. The van der Waals surface area contributed by atoms with Gasteiger partial charge in [-0.15, -0.1) is 0 Å². The van der Waals surface area contributed by atoms with Crippen LogP contribution in [0.3, 0.4) is 0 Å². The van der Waals surface area contributed by atoms with Gasteiger partial charge >= 0.3 is 6.18 Å². The Morgan fingerprint density at radius 2 is 1.78 bits per heavy atom. The summed E-state index contributed by atoms with van der Waals surface area (Å²) in [6, 6.07) is 4.76. The second kappa shape index (κ2) is 8.08. The largest absolute Gasteiger partial charge is 0.418 e. The van der Waals surface area contributed by atoms with Crippen molar-refractivity contribution in [2.45, 2.75) is 44.1 Å². The summed E-state index contributed by atoms with van der Waals surface area (Å²) in [6.07, 6.45) is -4.58. The minimum Gasteiger partial charge on any atom is -0.325 e. The van der Waals surface area contributed by atoms with Crippen molar-refractivity contribution in [2.24, 2.45) is 0 Å². The average Bonchev–Trinajstić information content (AvgIpc) is 2.53. The summed E-state index contributed by atoms with van der Waals surface area (Å²) in [4.78, 5) is 32.7. The van der Waals surface area contributed by atoms with Gasteiger partial charge in [-0.1, -0.05) is 23.9 Å². The van der Waals surface area contributed by atoms with Gasteiger partial charge < -0.3 is 5.32 Å². The molecule has 144 valence electrons. The van der Waals surface area contributed by atoms with Gasteiger partial charge in [0.25, 0.3) is 0 Å². The number of nitrogens with zero attached hydrogens (tertiary/aromatic N) is 2. The molecule has 0 fully saturated rings. The van der Waals surface area contributed by atoms with Crippen LogP contribution in [0, 0.1) is 13.8 Å². The van der Waals surface area contributed by atoms with Crippen molar-refractivity contribution in [1.29, 1.82) is 0 Å². The Morgan fingerprint density at radius 3 is 2.37 bits per heavy atom. The number of aryl methyl sites for hydroxylation is 2. The van der Waals surface area contributed by atoms with Gasteiger partial charge in [0, 0.05) is 0 Å². The number of anilines is 1. The quantitative estimate of drug-likeness (QED) is 0.459. The smallest absolute Gasteiger partial charge is 0.325 e. The molecule has 0 unspecified atom stereocenters. The normalized spacial score (nSPS) is 12.6. The van der Waals surface area contributed by atoms with Crippen LogP contribution in [-0.2, 0) is 11.0 Å². The Hall–Kier alpha value is -2.42. The van der Waals surface area contributed by atoms with E-state index in [1.54, 1.807) is 13.8 Å². The number of alkyl halides is 3. The number of ketones is 1. The van der Waals surface area contributed by atoms with Crippen molar-refractivity contribution in [1.82, 2.24) is 9.97 Å². The molecule has 1 aromatic carbocycles. The number of carbonyl (C=O) groups is 2. The van der Waals surface area contributed by atoms with Gasteiger partial charge in [-0.05, 0) is 39.8 Å². The van der Waals surface area contributed by atoms with Gasteiger partial charge in [0.1, 0.15) is 10.9 Å². The SMILES string of the molecule is CC(=O)c1c(C)nc(C)nc1S[C@H](C)C(=O)Nc1ccccc1C(F)(F)F. The molecule has 0 aliphatic rings. The maximum atomic E-state index is 13.1. The molecule has 9 heteroatoms. The molecule has 2 rings (SSSR count). The van der Waals surface area contributed by atoms with Crippen LogP contribution in [0.4, 0.5) is 18.9 Å². The van der Waals surface area contributed by atoms with E-state index in [1.807, 2.05) is 0 Å². The molecule has 1 amide bonds. The summed E-state index contributed by atoms with van der Waals surface area (Å²) in [7, 11) is 0. The number of rotatable bonds is 5. The molecule has 0 spiro atoms. The van der Waals surface area contributed by atoms with E-state index < -0.39 is 22.9 Å².